The summed E-state index contributed by atoms with van der Waals surface area (Å²) < 4.78 is 5.58. The van der Waals surface area contributed by atoms with E-state index in [1.54, 1.807) is 0 Å². The molecule has 78 valence electrons. The molecule has 1 nitrogen and oxygen atoms in total. The zero-order valence-electron chi connectivity index (χ0n) is 9.41. The van der Waals surface area contributed by atoms with E-state index in [-0.39, 0.29) is 6.10 Å². The molecule has 0 aliphatic heterocycles. The molecule has 1 aromatic rings. The third-order valence-corrected chi connectivity index (χ3v) is 2.66. The molecule has 0 unspecified atom stereocenters. The van der Waals surface area contributed by atoms with Crippen LogP contribution in [0.5, 0.6) is 5.75 Å². The standard InChI is InChI=1S/C12H19OS/c1-10(2)13-12-7-5-11(6-8-12)9-14(3)4/h5-8,10H,9H2,1-4H3/q+1. The van der Waals surface area contributed by atoms with Gasteiger partial charge in [0.1, 0.15) is 11.5 Å². The van der Waals surface area contributed by atoms with Crippen LogP contribution in [-0.2, 0) is 16.6 Å². The quantitative estimate of drug-likeness (QED) is 0.696. The summed E-state index contributed by atoms with van der Waals surface area (Å²) in [6.45, 7) is 4.09. The summed E-state index contributed by atoms with van der Waals surface area (Å²) in [5.41, 5.74) is 1.40. The van der Waals surface area contributed by atoms with Gasteiger partial charge in [-0.15, -0.1) is 0 Å². The van der Waals surface area contributed by atoms with Crippen molar-refractivity contribution < 1.29 is 4.74 Å². The van der Waals surface area contributed by atoms with Crippen molar-refractivity contribution >= 4 is 10.9 Å². The van der Waals surface area contributed by atoms with E-state index in [1.807, 2.05) is 13.8 Å². The molecule has 2 heteroatoms. The highest BCUT2D eigenvalue weighted by Gasteiger charge is 2.04. The van der Waals surface area contributed by atoms with Crippen LogP contribution in [0.1, 0.15) is 19.4 Å². The van der Waals surface area contributed by atoms with E-state index in [2.05, 4.69) is 36.8 Å². The molecule has 0 spiro atoms. The number of rotatable bonds is 4. The van der Waals surface area contributed by atoms with Gasteiger partial charge >= 0.3 is 0 Å². The maximum atomic E-state index is 5.58. The van der Waals surface area contributed by atoms with Gasteiger partial charge in [-0.3, -0.25) is 0 Å². The summed E-state index contributed by atoms with van der Waals surface area (Å²) in [4.78, 5) is 0. The minimum absolute atomic E-state index is 0.257. The molecule has 0 radical (unpaired) electrons. The third-order valence-electron chi connectivity index (χ3n) is 1.75. The third kappa shape index (κ3) is 4.05. The van der Waals surface area contributed by atoms with Crippen molar-refractivity contribution in [1.29, 1.82) is 0 Å². The first kappa shape index (κ1) is 11.4. The highest BCUT2D eigenvalue weighted by atomic mass is 32.2. The zero-order chi connectivity index (χ0) is 10.6. The van der Waals surface area contributed by atoms with E-state index in [1.165, 1.54) is 11.3 Å². The Hall–Kier alpha value is -0.630. The second kappa shape index (κ2) is 5.30. The fourth-order valence-corrected chi connectivity index (χ4v) is 2.13. The largest absolute Gasteiger partial charge is 0.491 e. The van der Waals surface area contributed by atoms with Crippen molar-refractivity contribution in [3.8, 4) is 5.75 Å². The molecule has 0 saturated carbocycles. The molecule has 0 aliphatic carbocycles. The molecule has 1 aromatic carbocycles. The molecular weight excluding hydrogens is 192 g/mol. The van der Waals surface area contributed by atoms with Gasteiger partial charge in [-0.1, -0.05) is 12.1 Å². The molecule has 0 heterocycles. The lowest BCUT2D eigenvalue weighted by molar-refractivity contribution is 0.242. The molecular formula is C12H19OS+. The SMILES string of the molecule is CC(C)Oc1ccc(C[S+](C)C)cc1. The number of hydrogen-bond donors (Lipinski definition) is 0. The molecule has 0 atom stereocenters. The van der Waals surface area contributed by atoms with E-state index in [0.717, 1.165) is 5.75 Å². The molecule has 0 amide bonds. The summed E-state index contributed by atoms with van der Waals surface area (Å²) in [5, 5.41) is 0. The Kier molecular flexibility index (Phi) is 4.33. The Morgan fingerprint density at radius 2 is 1.71 bits per heavy atom. The first-order chi connectivity index (χ1) is 6.58. The van der Waals surface area contributed by atoms with Gasteiger partial charge in [-0.05, 0) is 36.9 Å². The maximum Gasteiger partial charge on any atom is 0.132 e. The van der Waals surface area contributed by atoms with E-state index in [4.69, 9.17) is 4.74 Å². The Morgan fingerprint density at radius 1 is 1.14 bits per heavy atom. The first-order valence-corrected chi connectivity index (χ1v) is 7.08. The predicted molar refractivity (Wildman–Crippen MR) is 65.1 cm³/mol. The van der Waals surface area contributed by atoms with E-state index in [9.17, 15) is 0 Å². The fourth-order valence-electron chi connectivity index (χ4n) is 1.27. The van der Waals surface area contributed by atoms with Crippen molar-refractivity contribution in [3.05, 3.63) is 29.8 Å². The van der Waals surface area contributed by atoms with Crippen LogP contribution < -0.4 is 4.74 Å². The van der Waals surface area contributed by atoms with Crippen molar-refractivity contribution in [2.24, 2.45) is 0 Å². The molecule has 0 N–H and O–H groups in total. The van der Waals surface area contributed by atoms with Crippen LogP contribution >= 0.6 is 0 Å². The molecule has 0 fully saturated rings. The summed E-state index contributed by atoms with van der Waals surface area (Å²) in [6, 6.07) is 8.43. The lowest BCUT2D eigenvalue weighted by Gasteiger charge is -2.09. The maximum absolute atomic E-state index is 5.58. The summed E-state index contributed by atoms with van der Waals surface area (Å²) >= 11 is 0. The predicted octanol–water partition coefficient (Wildman–Crippen LogP) is 2.85. The van der Waals surface area contributed by atoms with Crippen LogP contribution in [0.4, 0.5) is 0 Å². The average Bonchev–Trinajstić information content (AvgIpc) is 2.06. The number of benzene rings is 1. The smallest absolute Gasteiger partial charge is 0.132 e. The van der Waals surface area contributed by atoms with Gasteiger partial charge < -0.3 is 4.74 Å². The second-order valence-corrected chi connectivity index (χ2v) is 6.20. The van der Waals surface area contributed by atoms with Crippen LogP contribution in [0.3, 0.4) is 0 Å². The molecule has 0 saturated heterocycles. The Labute approximate surface area is 89.8 Å². The lowest BCUT2D eigenvalue weighted by Crippen LogP contribution is -2.05. The molecule has 1 rings (SSSR count). The summed E-state index contributed by atoms with van der Waals surface area (Å²) in [6.07, 6.45) is 4.78. The monoisotopic (exact) mass is 211 g/mol. The number of hydrogen-bond acceptors (Lipinski definition) is 1. The van der Waals surface area contributed by atoms with Gasteiger partial charge in [-0.2, -0.15) is 0 Å². The van der Waals surface area contributed by atoms with Gasteiger partial charge in [0.25, 0.3) is 0 Å². The summed E-state index contributed by atoms with van der Waals surface area (Å²) in [5.74, 6) is 2.14. The zero-order valence-corrected chi connectivity index (χ0v) is 10.2. The van der Waals surface area contributed by atoms with Crippen molar-refractivity contribution in [3.63, 3.8) is 0 Å². The topological polar surface area (TPSA) is 9.23 Å². The molecule has 0 aliphatic rings. The second-order valence-electron chi connectivity index (χ2n) is 3.94. The molecule has 0 bridgehead atoms. The van der Waals surface area contributed by atoms with Gasteiger partial charge in [0, 0.05) is 5.56 Å². The van der Waals surface area contributed by atoms with Gasteiger partial charge in [0.15, 0.2) is 0 Å². The van der Waals surface area contributed by atoms with Crippen molar-refractivity contribution in [1.82, 2.24) is 0 Å². The highest BCUT2D eigenvalue weighted by Crippen LogP contribution is 2.15. The van der Waals surface area contributed by atoms with Gasteiger partial charge in [0.2, 0.25) is 0 Å². The lowest BCUT2D eigenvalue weighted by atomic mass is 10.2. The van der Waals surface area contributed by atoms with Gasteiger partial charge in [-0.25, -0.2) is 0 Å². The Bertz CT molecular complexity index is 235. The average molecular weight is 211 g/mol. The minimum atomic E-state index is 0.257. The van der Waals surface area contributed by atoms with E-state index in [0.29, 0.717) is 10.9 Å². The summed E-state index contributed by atoms with van der Waals surface area (Å²) in [7, 11) is 0.475. The Morgan fingerprint density at radius 3 is 2.14 bits per heavy atom. The molecule has 0 aromatic heterocycles. The van der Waals surface area contributed by atoms with Crippen LogP contribution in [0.2, 0.25) is 0 Å². The van der Waals surface area contributed by atoms with Crippen LogP contribution in [-0.4, -0.2) is 18.6 Å². The minimum Gasteiger partial charge on any atom is -0.491 e. The molecule has 14 heavy (non-hydrogen) atoms. The highest BCUT2D eigenvalue weighted by molar-refractivity contribution is 7.94. The van der Waals surface area contributed by atoms with Crippen molar-refractivity contribution in [2.45, 2.75) is 25.7 Å². The Balaban J connectivity index is 2.59. The fraction of sp³-hybridized carbons (Fsp3) is 0.500. The van der Waals surface area contributed by atoms with Crippen molar-refractivity contribution in [2.75, 3.05) is 12.5 Å². The normalized spacial score (nSPS) is 11.0. The van der Waals surface area contributed by atoms with E-state index >= 15 is 0 Å². The van der Waals surface area contributed by atoms with Crippen LogP contribution in [0, 0.1) is 0 Å². The van der Waals surface area contributed by atoms with Gasteiger partial charge in [0.05, 0.1) is 18.6 Å². The number of ether oxygens (including phenoxy) is 1. The van der Waals surface area contributed by atoms with E-state index < -0.39 is 0 Å². The van der Waals surface area contributed by atoms with Crippen LogP contribution in [0.15, 0.2) is 24.3 Å². The van der Waals surface area contributed by atoms with Crippen LogP contribution in [0.25, 0.3) is 0 Å². The first-order valence-electron chi connectivity index (χ1n) is 4.87.